The number of methoxy groups -OCH3 is 1. The third kappa shape index (κ3) is 2.74. The lowest BCUT2D eigenvalue weighted by molar-refractivity contribution is -0.152. The second kappa shape index (κ2) is 5.64. The first-order chi connectivity index (χ1) is 7.57. The quantitative estimate of drug-likeness (QED) is 0.763. The molecule has 1 amide bonds. The summed E-state index contributed by atoms with van der Waals surface area (Å²) in [7, 11) is 1.61. The van der Waals surface area contributed by atoms with Crippen LogP contribution in [0.25, 0.3) is 0 Å². The monoisotopic (exact) mass is 228 g/mol. The van der Waals surface area contributed by atoms with E-state index in [1.807, 2.05) is 18.7 Å². The smallest absolute Gasteiger partial charge is 0.254 e. The predicted molar refractivity (Wildman–Crippen MR) is 64.1 cm³/mol. The van der Waals surface area contributed by atoms with Crippen LogP contribution < -0.4 is 5.73 Å². The van der Waals surface area contributed by atoms with Crippen LogP contribution in [0.1, 0.15) is 33.1 Å². The van der Waals surface area contributed by atoms with Crippen LogP contribution in [-0.4, -0.2) is 43.2 Å². The van der Waals surface area contributed by atoms with Crippen molar-refractivity contribution in [3.8, 4) is 0 Å². The van der Waals surface area contributed by atoms with Crippen LogP contribution in [-0.2, 0) is 9.53 Å². The minimum Gasteiger partial charge on any atom is -0.369 e. The van der Waals surface area contributed by atoms with E-state index in [0.717, 1.165) is 25.9 Å². The van der Waals surface area contributed by atoms with E-state index in [2.05, 4.69) is 0 Å². The minimum absolute atomic E-state index is 0.122. The highest BCUT2D eigenvalue weighted by atomic mass is 16.5. The maximum absolute atomic E-state index is 12.2. The zero-order chi connectivity index (χ0) is 12.2. The van der Waals surface area contributed by atoms with Gasteiger partial charge in [0.25, 0.3) is 5.91 Å². The Balaban J connectivity index is 2.56. The summed E-state index contributed by atoms with van der Waals surface area (Å²) in [6.07, 6.45) is 2.80. The van der Waals surface area contributed by atoms with Crippen molar-refractivity contribution in [2.24, 2.45) is 11.7 Å². The summed E-state index contributed by atoms with van der Waals surface area (Å²) in [5.41, 5.74) is 4.88. The van der Waals surface area contributed by atoms with Gasteiger partial charge in [-0.15, -0.1) is 0 Å². The van der Waals surface area contributed by atoms with Crippen LogP contribution >= 0.6 is 0 Å². The van der Waals surface area contributed by atoms with Gasteiger partial charge in [0.05, 0.1) is 0 Å². The highest BCUT2D eigenvalue weighted by Gasteiger charge is 2.37. The summed E-state index contributed by atoms with van der Waals surface area (Å²) in [5, 5.41) is 0. The molecule has 0 spiro atoms. The Bertz CT molecular complexity index is 239. The molecule has 1 saturated heterocycles. The van der Waals surface area contributed by atoms with Crippen LogP contribution in [0.2, 0.25) is 0 Å². The molecule has 0 bridgehead atoms. The van der Waals surface area contributed by atoms with Gasteiger partial charge in [-0.1, -0.05) is 6.92 Å². The highest BCUT2D eigenvalue weighted by molar-refractivity contribution is 5.85. The fraction of sp³-hybridized carbons (Fsp3) is 0.917. The molecule has 94 valence electrons. The second-order valence-electron chi connectivity index (χ2n) is 4.77. The maximum atomic E-state index is 12.2. The molecular weight excluding hydrogens is 204 g/mol. The molecule has 1 aliphatic heterocycles. The summed E-state index contributed by atoms with van der Waals surface area (Å²) < 4.78 is 5.34. The number of hydrogen-bond acceptors (Lipinski definition) is 3. The Hall–Kier alpha value is -0.610. The first-order valence-electron chi connectivity index (χ1n) is 6.12. The molecule has 1 fully saturated rings. The van der Waals surface area contributed by atoms with Crippen LogP contribution in [0.15, 0.2) is 0 Å². The zero-order valence-corrected chi connectivity index (χ0v) is 10.7. The number of likely N-dealkylation sites (tertiary alicyclic amines) is 1. The fourth-order valence-electron chi connectivity index (χ4n) is 2.21. The standard InChI is InChI=1S/C12H24N2O2/c1-4-12(2,16-3)11(15)14-8-6-10(9-14)5-7-13/h10H,4-9,13H2,1-3H3. The summed E-state index contributed by atoms with van der Waals surface area (Å²) >= 11 is 0. The van der Waals surface area contributed by atoms with E-state index < -0.39 is 5.60 Å². The van der Waals surface area contributed by atoms with E-state index in [0.29, 0.717) is 18.9 Å². The lowest BCUT2D eigenvalue weighted by atomic mass is 10.0. The fourth-order valence-corrected chi connectivity index (χ4v) is 2.21. The lowest BCUT2D eigenvalue weighted by Crippen LogP contribution is -2.47. The average molecular weight is 228 g/mol. The molecule has 0 saturated carbocycles. The Labute approximate surface area is 98.1 Å². The van der Waals surface area contributed by atoms with Gasteiger partial charge in [0.2, 0.25) is 0 Å². The van der Waals surface area contributed by atoms with Crippen LogP contribution in [0, 0.1) is 5.92 Å². The van der Waals surface area contributed by atoms with Crippen molar-refractivity contribution in [1.29, 1.82) is 0 Å². The van der Waals surface area contributed by atoms with Crippen LogP contribution in [0.4, 0.5) is 0 Å². The summed E-state index contributed by atoms with van der Waals surface area (Å²) in [4.78, 5) is 14.2. The van der Waals surface area contributed by atoms with Gasteiger partial charge in [0.1, 0.15) is 5.60 Å². The second-order valence-corrected chi connectivity index (χ2v) is 4.77. The van der Waals surface area contributed by atoms with Crippen molar-refractivity contribution >= 4 is 5.91 Å². The van der Waals surface area contributed by atoms with E-state index in [1.165, 1.54) is 0 Å². The number of nitrogens with two attached hydrogens (primary N) is 1. The number of amides is 1. The SMILES string of the molecule is CCC(C)(OC)C(=O)N1CCC(CCN)C1. The largest absolute Gasteiger partial charge is 0.369 e. The number of nitrogens with zero attached hydrogens (tertiary/aromatic N) is 1. The first kappa shape index (κ1) is 13.5. The van der Waals surface area contributed by atoms with Gasteiger partial charge < -0.3 is 15.4 Å². The third-order valence-electron chi connectivity index (χ3n) is 3.73. The minimum atomic E-state index is -0.655. The molecule has 2 atom stereocenters. The van der Waals surface area contributed by atoms with Gasteiger partial charge in [0.15, 0.2) is 0 Å². The molecule has 1 rings (SSSR count). The van der Waals surface area contributed by atoms with Crippen molar-refractivity contribution in [2.45, 2.75) is 38.7 Å². The molecular formula is C12H24N2O2. The number of rotatable bonds is 5. The Morgan fingerprint density at radius 3 is 2.81 bits per heavy atom. The predicted octanol–water partition coefficient (Wildman–Crippen LogP) is 0.999. The lowest BCUT2D eigenvalue weighted by Gasteiger charge is -2.30. The van der Waals surface area contributed by atoms with Gasteiger partial charge in [-0.3, -0.25) is 4.79 Å². The van der Waals surface area contributed by atoms with Crippen molar-refractivity contribution < 1.29 is 9.53 Å². The summed E-state index contributed by atoms with van der Waals surface area (Å²) in [6, 6.07) is 0. The topological polar surface area (TPSA) is 55.6 Å². The Morgan fingerprint density at radius 1 is 1.62 bits per heavy atom. The molecule has 0 aromatic rings. The van der Waals surface area contributed by atoms with Gasteiger partial charge in [-0.25, -0.2) is 0 Å². The van der Waals surface area contributed by atoms with E-state index >= 15 is 0 Å². The van der Waals surface area contributed by atoms with Gasteiger partial charge in [-0.05, 0) is 38.6 Å². The van der Waals surface area contributed by atoms with Crippen molar-refractivity contribution in [2.75, 3.05) is 26.7 Å². The van der Waals surface area contributed by atoms with Crippen LogP contribution in [0.5, 0.6) is 0 Å². The Kier molecular flexibility index (Phi) is 4.74. The van der Waals surface area contributed by atoms with Crippen molar-refractivity contribution in [1.82, 2.24) is 4.90 Å². The number of hydrogen-bond donors (Lipinski definition) is 1. The number of carbonyl (C=O) groups excluding carboxylic acids is 1. The first-order valence-corrected chi connectivity index (χ1v) is 6.12. The van der Waals surface area contributed by atoms with Gasteiger partial charge in [0, 0.05) is 20.2 Å². The van der Waals surface area contributed by atoms with Crippen molar-refractivity contribution in [3.63, 3.8) is 0 Å². The van der Waals surface area contributed by atoms with Gasteiger partial charge in [-0.2, -0.15) is 0 Å². The highest BCUT2D eigenvalue weighted by Crippen LogP contribution is 2.24. The molecule has 16 heavy (non-hydrogen) atoms. The molecule has 0 aromatic carbocycles. The summed E-state index contributed by atoms with van der Waals surface area (Å²) in [6.45, 7) is 6.25. The molecule has 1 heterocycles. The number of ether oxygens (including phenoxy) is 1. The van der Waals surface area contributed by atoms with Crippen molar-refractivity contribution in [3.05, 3.63) is 0 Å². The maximum Gasteiger partial charge on any atom is 0.254 e. The van der Waals surface area contributed by atoms with E-state index in [1.54, 1.807) is 7.11 Å². The van der Waals surface area contributed by atoms with E-state index in [9.17, 15) is 4.79 Å². The zero-order valence-electron chi connectivity index (χ0n) is 10.7. The molecule has 4 nitrogen and oxygen atoms in total. The average Bonchev–Trinajstić information content (AvgIpc) is 2.76. The van der Waals surface area contributed by atoms with E-state index in [-0.39, 0.29) is 5.91 Å². The summed E-state index contributed by atoms with van der Waals surface area (Å²) in [5.74, 6) is 0.698. The molecule has 1 aliphatic rings. The normalized spacial score (nSPS) is 24.5. The third-order valence-corrected chi connectivity index (χ3v) is 3.73. The molecule has 0 radical (unpaired) electrons. The molecule has 0 aliphatic carbocycles. The van der Waals surface area contributed by atoms with Crippen LogP contribution in [0.3, 0.4) is 0 Å². The van der Waals surface area contributed by atoms with E-state index in [4.69, 9.17) is 10.5 Å². The molecule has 0 aromatic heterocycles. The Morgan fingerprint density at radius 2 is 2.31 bits per heavy atom. The molecule has 2 N–H and O–H groups in total. The van der Waals surface area contributed by atoms with Gasteiger partial charge >= 0.3 is 0 Å². The molecule has 2 unspecified atom stereocenters. The number of carbonyl (C=O) groups is 1. The molecule has 4 heteroatoms.